The average Bonchev–Trinajstić information content (AvgIpc) is 3.08. The number of imidazole rings is 1. The number of aromatic amines is 1. The van der Waals surface area contributed by atoms with Crippen LogP contribution in [0.1, 0.15) is 5.69 Å². The van der Waals surface area contributed by atoms with Crippen LogP contribution in [-0.2, 0) is 16.6 Å². The molecule has 1 unspecified atom stereocenters. The van der Waals surface area contributed by atoms with Gasteiger partial charge >= 0.3 is 0 Å². The third-order valence-corrected chi connectivity index (χ3v) is 4.85. The van der Waals surface area contributed by atoms with Gasteiger partial charge in [0.05, 0.1) is 42.0 Å². The molecule has 3 rings (SSSR count). The van der Waals surface area contributed by atoms with Crippen molar-refractivity contribution >= 4 is 33.2 Å². The molecule has 3 aromatic rings. The number of fused-ring (bicyclic) bond motifs is 1. The molecule has 3 aromatic heterocycles. The van der Waals surface area contributed by atoms with Crippen molar-refractivity contribution in [2.24, 2.45) is 0 Å². The molecule has 0 spiro atoms. The number of hydrogen-bond donors (Lipinski definition) is 1. The van der Waals surface area contributed by atoms with Crippen LogP contribution < -0.4 is 9.47 Å². The van der Waals surface area contributed by atoms with Crippen molar-refractivity contribution in [2.45, 2.75) is 10.9 Å². The zero-order valence-corrected chi connectivity index (χ0v) is 13.1. The zero-order valence-electron chi connectivity index (χ0n) is 11.5. The minimum atomic E-state index is -1.33. The third kappa shape index (κ3) is 2.64. The second-order valence-corrected chi connectivity index (χ2v) is 6.31. The molecule has 0 saturated heterocycles. The highest BCUT2D eigenvalue weighted by Crippen LogP contribution is 2.30. The van der Waals surface area contributed by atoms with Crippen LogP contribution in [0.15, 0.2) is 28.2 Å². The lowest BCUT2D eigenvalue weighted by atomic mass is 10.3. The molecule has 3 heterocycles. The molecule has 0 aliphatic rings. The standard InChI is InChI=1S/C13H13N3O3S2/c1-18-11-3-4-14-10(12(11)19-2)7-21(17)13-15-8-5-20-6-9(8)16-13/h3-6H,7H2,1-2H3,(H,15,16). The van der Waals surface area contributed by atoms with E-state index < -0.39 is 10.8 Å². The smallest absolute Gasteiger partial charge is 0.197 e. The minimum absolute atomic E-state index is 0.208. The Morgan fingerprint density at radius 3 is 2.90 bits per heavy atom. The second-order valence-electron chi connectivity index (χ2n) is 4.20. The van der Waals surface area contributed by atoms with Crippen molar-refractivity contribution in [3.8, 4) is 11.5 Å². The van der Waals surface area contributed by atoms with E-state index in [0.29, 0.717) is 22.3 Å². The van der Waals surface area contributed by atoms with E-state index in [9.17, 15) is 4.21 Å². The lowest BCUT2D eigenvalue weighted by Crippen LogP contribution is -2.04. The first-order valence-electron chi connectivity index (χ1n) is 6.09. The normalized spacial score (nSPS) is 12.5. The number of methoxy groups -OCH3 is 2. The predicted octanol–water partition coefficient (Wildman–Crippen LogP) is 2.34. The topological polar surface area (TPSA) is 77.1 Å². The lowest BCUT2D eigenvalue weighted by molar-refractivity contribution is 0.350. The van der Waals surface area contributed by atoms with Gasteiger partial charge < -0.3 is 14.5 Å². The maximum atomic E-state index is 12.4. The van der Waals surface area contributed by atoms with E-state index in [1.165, 1.54) is 7.11 Å². The molecule has 8 heteroatoms. The Labute approximate surface area is 127 Å². The summed E-state index contributed by atoms with van der Waals surface area (Å²) in [5.41, 5.74) is 2.30. The van der Waals surface area contributed by atoms with Crippen molar-refractivity contribution in [3.63, 3.8) is 0 Å². The van der Waals surface area contributed by atoms with Gasteiger partial charge in [-0.05, 0) is 0 Å². The molecule has 0 radical (unpaired) electrons. The van der Waals surface area contributed by atoms with E-state index in [0.717, 1.165) is 11.0 Å². The van der Waals surface area contributed by atoms with Crippen LogP contribution in [0, 0.1) is 0 Å². The molecule has 0 aliphatic carbocycles. The van der Waals surface area contributed by atoms with E-state index in [1.807, 2.05) is 10.8 Å². The second kappa shape index (κ2) is 5.82. The first-order chi connectivity index (χ1) is 10.2. The number of pyridine rings is 1. The monoisotopic (exact) mass is 323 g/mol. The van der Waals surface area contributed by atoms with Crippen LogP contribution in [0.2, 0.25) is 0 Å². The summed E-state index contributed by atoms with van der Waals surface area (Å²) >= 11 is 1.55. The molecule has 0 bridgehead atoms. The molecule has 1 N–H and O–H groups in total. The van der Waals surface area contributed by atoms with E-state index >= 15 is 0 Å². The number of hydrogen-bond acceptors (Lipinski definition) is 6. The molecule has 0 aliphatic heterocycles. The van der Waals surface area contributed by atoms with E-state index in [4.69, 9.17) is 9.47 Å². The Morgan fingerprint density at radius 2 is 2.19 bits per heavy atom. The zero-order chi connectivity index (χ0) is 14.8. The number of nitrogens with zero attached hydrogens (tertiary/aromatic N) is 2. The van der Waals surface area contributed by atoms with E-state index in [-0.39, 0.29) is 5.75 Å². The summed E-state index contributed by atoms with van der Waals surface area (Å²) in [6, 6.07) is 1.70. The van der Waals surface area contributed by atoms with Crippen LogP contribution in [0.3, 0.4) is 0 Å². The summed E-state index contributed by atoms with van der Waals surface area (Å²) in [6.07, 6.45) is 1.61. The number of thiophene rings is 1. The quantitative estimate of drug-likeness (QED) is 0.780. The predicted molar refractivity (Wildman–Crippen MR) is 81.4 cm³/mol. The molecule has 0 saturated carbocycles. The van der Waals surface area contributed by atoms with Crippen LogP contribution in [0.25, 0.3) is 11.0 Å². The molecular formula is C13H13N3O3S2. The molecule has 21 heavy (non-hydrogen) atoms. The number of aromatic nitrogens is 3. The molecule has 110 valence electrons. The van der Waals surface area contributed by atoms with Gasteiger partial charge in [-0.1, -0.05) is 0 Å². The summed E-state index contributed by atoms with van der Waals surface area (Å²) in [6.45, 7) is 0. The van der Waals surface area contributed by atoms with Crippen molar-refractivity contribution in [1.29, 1.82) is 0 Å². The first kappa shape index (κ1) is 14.0. The number of rotatable bonds is 5. The molecule has 0 fully saturated rings. The van der Waals surface area contributed by atoms with Crippen LogP contribution in [0.5, 0.6) is 11.5 Å². The first-order valence-corrected chi connectivity index (χ1v) is 8.35. The molecule has 0 amide bonds. The summed E-state index contributed by atoms with van der Waals surface area (Å²) in [5, 5.41) is 4.30. The van der Waals surface area contributed by atoms with Gasteiger partial charge in [0.15, 0.2) is 16.7 Å². The fraction of sp³-hybridized carbons (Fsp3) is 0.231. The Bertz CT molecular complexity index is 768. The van der Waals surface area contributed by atoms with Crippen LogP contribution >= 0.6 is 11.3 Å². The van der Waals surface area contributed by atoms with Crippen molar-refractivity contribution in [1.82, 2.24) is 15.0 Å². The number of H-pyrrole nitrogens is 1. The summed E-state index contributed by atoms with van der Waals surface area (Å²) < 4.78 is 22.9. The van der Waals surface area contributed by atoms with E-state index in [1.54, 1.807) is 30.7 Å². The highest BCUT2D eigenvalue weighted by Gasteiger charge is 2.17. The van der Waals surface area contributed by atoms with Crippen LogP contribution in [0.4, 0.5) is 0 Å². The molecule has 6 nitrogen and oxygen atoms in total. The Morgan fingerprint density at radius 1 is 1.33 bits per heavy atom. The van der Waals surface area contributed by atoms with Gasteiger partial charge in [0.2, 0.25) is 0 Å². The Balaban J connectivity index is 1.89. The minimum Gasteiger partial charge on any atom is -0.493 e. The van der Waals surface area contributed by atoms with Gasteiger partial charge in [-0.25, -0.2) is 4.98 Å². The lowest BCUT2D eigenvalue weighted by Gasteiger charge is -2.10. The van der Waals surface area contributed by atoms with Gasteiger partial charge in [-0.15, -0.1) is 11.3 Å². The van der Waals surface area contributed by atoms with Gasteiger partial charge in [-0.2, -0.15) is 0 Å². The largest absolute Gasteiger partial charge is 0.493 e. The average molecular weight is 323 g/mol. The fourth-order valence-corrected chi connectivity index (χ4v) is 3.68. The van der Waals surface area contributed by atoms with E-state index in [2.05, 4.69) is 15.0 Å². The Hall–Kier alpha value is -1.93. The number of ether oxygens (including phenoxy) is 2. The van der Waals surface area contributed by atoms with Gasteiger partial charge in [-0.3, -0.25) is 9.19 Å². The molecule has 1 atom stereocenters. The van der Waals surface area contributed by atoms with Crippen molar-refractivity contribution < 1.29 is 13.7 Å². The fourth-order valence-electron chi connectivity index (χ4n) is 1.98. The summed E-state index contributed by atoms with van der Waals surface area (Å²) in [4.78, 5) is 11.6. The highest BCUT2D eigenvalue weighted by molar-refractivity contribution is 7.84. The maximum Gasteiger partial charge on any atom is 0.197 e. The van der Waals surface area contributed by atoms with Crippen LogP contribution in [-0.4, -0.2) is 33.4 Å². The van der Waals surface area contributed by atoms with Gasteiger partial charge in [0, 0.05) is 23.0 Å². The summed E-state index contributed by atoms with van der Waals surface area (Å²) in [5.74, 6) is 1.28. The highest BCUT2D eigenvalue weighted by atomic mass is 32.2. The van der Waals surface area contributed by atoms with Crippen molar-refractivity contribution in [3.05, 3.63) is 28.7 Å². The SMILES string of the molecule is COc1ccnc(CS(=O)c2nc3cscc3[nH]2)c1OC. The van der Waals surface area contributed by atoms with Gasteiger partial charge in [0.25, 0.3) is 0 Å². The Kier molecular flexibility index (Phi) is 3.89. The van der Waals surface area contributed by atoms with Gasteiger partial charge in [0.1, 0.15) is 5.52 Å². The molecule has 0 aromatic carbocycles. The third-order valence-electron chi connectivity index (χ3n) is 2.95. The molecular weight excluding hydrogens is 310 g/mol. The number of nitrogens with one attached hydrogen (secondary N) is 1. The van der Waals surface area contributed by atoms with Crippen molar-refractivity contribution in [2.75, 3.05) is 14.2 Å². The maximum absolute atomic E-state index is 12.4. The summed E-state index contributed by atoms with van der Waals surface area (Å²) in [7, 11) is 1.76.